The molecule has 1 fully saturated rings. The molecule has 2 heteroatoms. The Labute approximate surface area is 161 Å². The van der Waals surface area contributed by atoms with Crippen molar-refractivity contribution < 1.29 is 4.79 Å². The number of allylic oxidation sites excluding steroid dienone is 4. The van der Waals surface area contributed by atoms with Gasteiger partial charge in [-0.1, -0.05) is 81.8 Å². The van der Waals surface area contributed by atoms with E-state index in [9.17, 15) is 4.79 Å². The van der Waals surface area contributed by atoms with E-state index in [0.717, 1.165) is 25.8 Å². The summed E-state index contributed by atoms with van der Waals surface area (Å²) in [4.78, 5) is 14.0. The Morgan fingerprint density at radius 3 is 2.27 bits per heavy atom. The van der Waals surface area contributed by atoms with Gasteiger partial charge < -0.3 is 4.90 Å². The Hall–Kier alpha value is -2.09. The molecule has 0 saturated carbocycles. The molecule has 2 rings (SSSR count). The summed E-state index contributed by atoms with van der Waals surface area (Å²) in [6.45, 7) is 16.7. The number of aryl methyl sites for hydroxylation is 1. The van der Waals surface area contributed by atoms with Gasteiger partial charge in [-0.05, 0) is 45.3 Å². The highest BCUT2D eigenvalue weighted by atomic mass is 16.1. The Morgan fingerprint density at radius 1 is 1.27 bits per heavy atom. The molecule has 144 valence electrons. The van der Waals surface area contributed by atoms with Crippen LogP contribution >= 0.6 is 0 Å². The lowest BCUT2D eigenvalue weighted by Gasteiger charge is -2.28. The maximum atomic E-state index is 11.8. The van der Waals surface area contributed by atoms with Crippen LogP contribution in [0.15, 0.2) is 66.4 Å². The third-order valence-electron chi connectivity index (χ3n) is 4.23. The second-order valence-electron chi connectivity index (χ2n) is 6.11. The van der Waals surface area contributed by atoms with Crippen LogP contribution in [-0.4, -0.2) is 23.3 Å². The number of nitrogens with zero attached hydrogens (tertiary/aromatic N) is 1. The SMILES string of the molecule is C=C/C=C1\C(=C/C)CCN1C(CCC)C(C)=O.CC.Cc1ccccc1. The number of hydrogen-bond acceptors (Lipinski definition) is 2. The lowest BCUT2D eigenvalue weighted by Crippen LogP contribution is -2.37. The van der Waals surface area contributed by atoms with Crippen molar-refractivity contribution in [2.24, 2.45) is 0 Å². The first-order valence-corrected chi connectivity index (χ1v) is 9.82. The van der Waals surface area contributed by atoms with Gasteiger partial charge in [-0.15, -0.1) is 0 Å². The number of hydrogen-bond donors (Lipinski definition) is 0. The highest BCUT2D eigenvalue weighted by Gasteiger charge is 2.29. The van der Waals surface area contributed by atoms with Crippen molar-refractivity contribution >= 4 is 5.78 Å². The van der Waals surface area contributed by atoms with Crippen LogP contribution in [-0.2, 0) is 4.79 Å². The monoisotopic (exact) mass is 355 g/mol. The van der Waals surface area contributed by atoms with Gasteiger partial charge in [0.1, 0.15) is 0 Å². The zero-order valence-electron chi connectivity index (χ0n) is 17.6. The summed E-state index contributed by atoms with van der Waals surface area (Å²) in [5, 5.41) is 0. The fraction of sp³-hybridized carbons (Fsp3) is 0.458. The standard InChI is InChI=1S/C15H23NO.C7H8.C2H6/c1-5-8-14(12(4)17)16-11-10-13(7-3)15(16)9-6-2;1-7-5-3-2-4-6-7;1-2/h6-7,9,14H,2,5,8,10-11H2,1,3-4H3;2-6H,1H3;1-2H3/b13-7-,15-9+;;. The van der Waals surface area contributed by atoms with Crippen molar-refractivity contribution in [1.29, 1.82) is 0 Å². The van der Waals surface area contributed by atoms with Crippen LogP contribution in [0.5, 0.6) is 0 Å². The number of ketones is 1. The molecule has 0 aliphatic carbocycles. The molecule has 1 atom stereocenters. The minimum Gasteiger partial charge on any atom is -0.361 e. The average molecular weight is 356 g/mol. The predicted molar refractivity (Wildman–Crippen MR) is 115 cm³/mol. The maximum Gasteiger partial charge on any atom is 0.152 e. The Bertz CT molecular complexity index is 583. The van der Waals surface area contributed by atoms with Gasteiger partial charge in [0.05, 0.1) is 6.04 Å². The smallest absolute Gasteiger partial charge is 0.152 e. The van der Waals surface area contributed by atoms with Crippen LogP contribution in [0.3, 0.4) is 0 Å². The van der Waals surface area contributed by atoms with E-state index in [0.29, 0.717) is 0 Å². The van der Waals surface area contributed by atoms with E-state index < -0.39 is 0 Å². The molecule has 1 heterocycles. The molecule has 1 aromatic carbocycles. The largest absolute Gasteiger partial charge is 0.361 e. The molecule has 0 amide bonds. The first kappa shape index (κ1) is 23.9. The molecule has 1 unspecified atom stereocenters. The van der Waals surface area contributed by atoms with Gasteiger partial charge in [-0.3, -0.25) is 4.79 Å². The molecule has 1 saturated heterocycles. The molecule has 0 aromatic heterocycles. The minimum atomic E-state index is 0.0312. The second kappa shape index (κ2) is 14.1. The van der Waals surface area contributed by atoms with Crippen LogP contribution in [0, 0.1) is 6.92 Å². The first-order valence-electron chi connectivity index (χ1n) is 9.82. The van der Waals surface area contributed by atoms with Crippen molar-refractivity contribution in [2.75, 3.05) is 6.54 Å². The summed E-state index contributed by atoms with van der Waals surface area (Å²) >= 11 is 0. The molecule has 2 nitrogen and oxygen atoms in total. The molecule has 1 aliphatic heterocycles. The predicted octanol–water partition coefficient (Wildman–Crippen LogP) is 6.49. The van der Waals surface area contributed by atoms with Gasteiger partial charge >= 0.3 is 0 Å². The Balaban J connectivity index is 0.000000575. The molecule has 1 aromatic rings. The molecule has 0 spiro atoms. The first-order chi connectivity index (χ1) is 12.5. The van der Waals surface area contributed by atoms with Gasteiger partial charge in [0.15, 0.2) is 5.78 Å². The van der Waals surface area contributed by atoms with Gasteiger partial charge in [-0.25, -0.2) is 0 Å². The molecule has 0 radical (unpaired) electrons. The highest BCUT2D eigenvalue weighted by Crippen LogP contribution is 2.30. The summed E-state index contributed by atoms with van der Waals surface area (Å²) in [6.07, 6.45) is 8.96. The summed E-state index contributed by atoms with van der Waals surface area (Å²) in [5.41, 5.74) is 3.82. The topological polar surface area (TPSA) is 20.3 Å². The summed E-state index contributed by atoms with van der Waals surface area (Å²) in [5.74, 6) is 0.263. The third-order valence-corrected chi connectivity index (χ3v) is 4.23. The average Bonchev–Trinajstić information content (AvgIpc) is 3.05. The van der Waals surface area contributed by atoms with E-state index in [4.69, 9.17) is 0 Å². The second-order valence-corrected chi connectivity index (χ2v) is 6.11. The van der Waals surface area contributed by atoms with Crippen LogP contribution in [0.2, 0.25) is 0 Å². The number of likely N-dealkylation sites (tertiary alicyclic amines) is 1. The zero-order chi connectivity index (χ0) is 19.9. The summed E-state index contributed by atoms with van der Waals surface area (Å²) < 4.78 is 0. The Kier molecular flexibility index (Phi) is 13.0. The fourth-order valence-corrected chi connectivity index (χ4v) is 2.99. The number of benzene rings is 1. The molecule has 1 aliphatic rings. The lowest BCUT2D eigenvalue weighted by molar-refractivity contribution is -0.121. The highest BCUT2D eigenvalue weighted by molar-refractivity contribution is 5.82. The van der Waals surface area contributed by atoms with Crippen LogP contribution in [0.25, 0.3) is 0 Å². The molecule has 0 bridgehead atoms. The van der Waals surface area contributed by atoms with Gasteiger partial charge in [0.2, 0.25) is 0 Å². The van der Waals surface area contributed by atoms with Crippen molar-refractivity contribution in [2.45, 2.75) is 66.8 Å². The number of Topliss-reactive ketones (excluding diaryl/α,β-unsaturated/α-hetero) is 1. The van der Waals surface area contributed by atoms with Crippen molar-refractivity contribution in [3.8, 4) is 0 Å². The summed E-state index contributed by atoms with van der Waals surface area (Å²) in [6, 6.07) is 10.3. The van der Waals surface area contributed by atoms with E-state index in [-0.39, 0.29) is 11.8 Å². The zero-order valence-corrected chi connectivity index (χ0v) is 17.6. The van der Waals surface area contributed by atoms with Crippen molar-refractivity contribution in [3.63, 3.8) is 0 Å². The van der Waals surface area contributed by atoms with E-state index in [1.165, 1.54) is 16.8 Å². The minimum absolute atomic E-state index is 0.0312. The third kappa shape index (κ3) is 7.86. The van der Waals surface area contributed by atoms with Gasteiger partial charge in [-0.2, -0.15) is 0 Å². The van der Waals surface area contributed by atoms with E-state index in [1.807, 2.05) is 38.1 Å². The fourth-order valence-electron chi connectivity index (χ4n) is 2.99. The van der Waals surface area contributed by atoms with Crippen LogP contribution in [0.1, 0.15) is 59.4 Å². The van der Waals surface area contributed by atoms with Gasteiger partial charge in [0, 0.05) is 12.2 Å². The summed E-state index contributed by atoms with van der Waals surface area (Å²) in [7, 11) is 0. The Morgan fingerprint density at radius 2 is 1.88 bits per heavy atom. The number of rotatable bonds is 5. The van der Waals surface area contributed by atoms with E-state index >= 15 is 0 Å². The van der Waals surface area contributed by atoms with Crippen LogP contribution in [0.4, 0.5) is 0 Å². The van der Waals surface area contributed by atoms with Crippen molar-refractivity contribution in [3.05, 3.63) is 72.0 Å². The molecule has 26 heavy (non-hydrogen) atoms. The van der Waals surface area contributed by atoms with Crippen molar-refractivity contribution in [1.82, 2.24) is 4.90 Å². The van der Waals surface area contributed by atoms with Crippen LogP contribution < -0.4 is 0 Å². The quantitative estimate of drug-likeness (QED) is 0.602. The van der Waals surface area contributed by atoms with E-state index in [2.05, 4.69) is 50.5 Å². The number of carbonyl (C=O) groups is 1. The molecular formula is C24H37NO. The molecular weight excluding hydrogens is 318 g/mol. The van der Waals surface area contributed by atoms with Gasteiger partial charge in [0.25, 0.3) is 0 Å². The molecule has 0 N–H and O–H groups in total. The lowest BCUT2D eigenvalue weighted by atomic mass is 10.1. The normalized spacial score (nSPS) is 17.1. The maximum absolute atomic E-state index is 11.8. The number of carbonyl (C=O) groups excluding carboxylic acids is 1. The van der Waals surface area contributed by atoms with E-state index in [1.54, 1.807) is 13.0 Å².